The van der Waals surface area contributed by atoms with Gasteiger partial charge in [0.1, 0.15) is 6.61 Å². The lowest BCUT2D eigenvalue weighted by Crippen LogP contribution is -2.44. The minimum atomic E-state index is 0.174. The number of rotatable bonds is 5. The molecule has 2 fully saturated rings. The molecule has 15 heavy (non-hydrogen) atoms. The number of nitrogens with zero attached hydrogens (tertiary/aromatic N) is 1. The Bertz CT molecular complexity index is 223. The number of nitrogens with one attached hydrogen (secondary N) is 1. The first-order valence-electron chi connectivity index (χ1n) is 5.92. The van der Waals surface area contributed by atoms with E-state index in [0.717, 1.165) is 19.5 Å². The molecule has 1 N–H and O–H groups in total. The Morgan fingerprint density at radius 1 is 1.40 bits per heavy atom. The molecule has 0 radical (unpaired) electrons. The molecule has 1 amide bonds. The van der Waals surface area contributed by atoms with Crippen molar-refractivity contribution < 1.29 is 9.53 Å². The van der Waals surface area contributed by atoms with Gasteiger partial charge in [0.2, 0.25) is 5.91 Å². The van der Waals surface area contributed by atoms with Crippen LogP contribution in [-0.2, 0) is 9.53 Å². The zero-order chi connectivity index (χ0) is 10.7. The molecule has 1 aliphatic heterocycles. The van der Waals surface area contributed by atoms with E-state index in [1.165, 1.54) is 12.8 Å². The second kappa shape index (κ2) is 4.94. The third-order valence-electron chi connectivity index (χ3n) is 3.09. The molecule has 0 bridgehead atoms. The van der Waals surface area contributed by atoms with Crippen LogP contribution in [0.5, 0.6) is 0 Å². The Labute approximate surface area is 91.0 Å². The minimum Gasteiger partial charge on any atom is -0.372 e. The van der Waals surface area contributed by atoms with E-state index in [1.807, 2.05) is 6.92 Å². The summed E-state index contributed by atoms with van der Waals surface area (Å²) >= 11 is 0. The summed E-state index contributed by atoms with van der Waals surface area (Å²) in [5, 5.41) is 3.31. The van der Waals surface area contributed by atoms with Gasteiger partial charge in [-0.2, -0.15) is 0 Å². The number of amides is 1. The summed E-state index contributed by atoms with van der Waals surface area (Å²) in [6, 6.07) is 0.910. The number of ether oxygens (including phenoxy) is 1. The second-order valence-corrected chi connectivity index (χ2v) is 4.32. The monoisotopic (exact) mass is 212 g/mol. The van der Waals surface area contributed by atoms with Crippen molar-refractivity contribution >= 4 is 5.91 Å². The summed E-state index contributed by atoms with van der Waals surface area (Å²) in [6.07, 6.45) is 3.44. The van der Waals surface area contributed by atoms with Crippen LogP contribution >= 0.6 is 0 Å². The van der Waals surface area contributed by atoms with E-state index in [2.05, 4.69) is 10.2 Å². The molecule has 0 aromatic heterocycles. The van der Waals surface area contributed by atoms with Crippen molar-refractivity contribution in [1.82, 2.24) is 10.2 Å². The molecule has 0 aromatic carbocycles. The SMILES string of the molecule is CCOCC(=O)N(C1CC1)C1CCNC1. The van der Waals surface area contributed by atoms with Crippen LogP contribution < -0.4 is 5.32 Å². The highest BCUT2D eigenvalue weighted by Gasteiger charge is 2.38. The first-order valence-corrected chi connectivity index (χ1v) is 5.92. The van der Waals surface area contributed by atoms with Crippen molar-refractivity contribution in [2.75, 3.05) is 26.3 Å². The highest BCUT2D eigenvalue weighted by molar-refractivity contribution is 5.78. The molecule has 1 aliphatic carbocycles. The van der Waals surface area contributed by atoms with Crippen molar-refractivity contribution in [2.45, 2.75) is 38.3 Å². The highest BCUT2D eigenvalue weighted by Crippen LogP contribution is 2.30. The molecule has 1 atom stereocenters. The van der Waals surface area contributed by atoms with Gasteiger partial charge in [-0.05, 0) is 32.7 Å². The van der Waals surface area contributed by atoms with Gasteiger partial charge < -0.3 is 15.0 Å². The highest BCUT2D eigenvalue weighted by atomic mass is 16.5. The van der Waals surface area contributed by atoms with Gasteiger partial charge in [0.05, 0.1) is 0 Å². The van der Waals surface area contributed by atoms with Gasteiger partial charge in [0.15, 0.2) is 0 Å². The third-order valence-corrected chi connectivity index (χ3v) is 3.09. The van der Waals surface area contributed by atoms with Gasteiger partial charge in [-0.3, -0.25) is 4.79 Å². The molecule has 4 heteroatoms. The first-order chi connectivity index (χ1) is 7.33. The fourth-order valence-corrected chi connectivity index (χ4v) is 2.20. The van der Waals surface area contributed by atoms with E-state index >= 15 is 0 Å². The summed E-state index contributed by atoms with van der Waals surface area (Å²) in [6.45, 7) is 4.78. The summed E-state index contributed by atoms with van der Waals surface area (Å²) < 4.78 is 5.20. The average Bonchev–Trinajstić information content (AvgIpc) is 2.91. The van der Waals surface area contributed by atoms with Crippen molar-refractivity contribution in [3.63, 3.8) is 0 Å². The lowest BCUT2D eigenvalue weighted by Gasteiger charge is -2.28. The molecule has 2 aliphatic rings. The summed E-state index contributed by atoms with van der Waals surface area (Å²) in [5.74, 6) is 0.174. The van der Waals surface area contributed by atoms with Crippen LogP contribution in [0.3, 0.4) is 0 Å². The average molecular weight is 212 g/mol. The third kappa shape index (κ3) is 2.69. The van der Waals surface area contributed by atoms with Crippen LogP contribution in [0.4, 0.5) is 0 Å². The zero-order valence-corrected chi connectivity index (χ0v) is 9.37. The van der Waals surface area contributed by atoms with Gasteiger partial charge in [-0.1, -0.05) is 0 Å². The van der Waals surface area contributed by atoms with Crippen LogP contribution in [0.25, 0.3) is 0 Å². The minimum absolute atomic E-state index is 0.174. The Hall–Kier alpha value is -0.610. The summed E-state index contributed by atoms with van der Waals surface area (Å²) in [5.41, 5.74) is 0. The predicted molar refractivity (Wildman–Crippen MR) is 57.6 cm³/mol. The Balaban J connectivity index is 1.89. The van der Waals surface area contributed by atoms with E-state index < -0.39 is 0 Å². The van der Waals surface area contributed by atoms with Gasteiger partial charge in [0.25, 0.3) is 0 Å². The number of hydrogen-bond acceptors (Lipinski definition) is 3. The van der Waals surface area contributed by atoms with Crippen molar-refractivity contribution in [3.8, 4) is 0 Å². The van der Waals surface area contributed by atoms with Crippen molar-refractivity contribution in [1.29, 1.82) is 0 Å². The fourth-order valence-electron chi connectivity index (χ4n) is 2.20. The predicted octanol–water partition coefficient (Wildman–Crippen LogP) is 0.376. The summed E-state index contributed by atoms with van der Waals surface area (Å²) in [4.78, 5) is 14.0. The first kappa shape index (κ1) is 10.9. The van der Waals surface area contributed by atoms with E-state index in [-0.39, 0.29) is 12.5 Å². The molecular formula is C11H20N2O2. The molecule has 1 saturated heterocycles. The number of carbonyl (C=O) groups excluding carboxylic acids is 1. The normalized spacial score (nSPS) is 25.5. The lowest BCUT2D eigenvalue weighted by molar-refractivity contribution is -0.138. The molecule has 0 spiro atoms. The second-order valence-electron chi connectivity index (χ2n) is 4.32. The largest absolute Gasteiger partial charge is 0.372 e. The molecule has 1 unspecified atom stereocenters. The Morgan fingerprint density at radius 2 is 2.20 bits per heavy atom. The van der Waals surface area contributed by atoms with E-state index in [9.17, 15) is 4.79 Å². The van der Waals surface area contributed by atoms with Crippen molar-refractivity contribution in [2.24, 2.45) is 0 Å². The Morgan fingerprint density at radius 3 is 2.73 bits per heavy atom. The fraction of sp³-hybridized carbons (Fsp3) is 0.909. The Kier molecular flexibility index (Phi) is 3.59. The zero-order valence-electron chi connectivity index (χ0n) is 9.37. The molecule has 1 heterocycles. The standard InChI is InChI=1S/C11H20N2O2/c1-2-15-8-11(14)13(9-3-4-9)10-5-6-12-7-10/h9-10,12H,2-8H2,1H3. The van der Waals surface area contributed by atoms with Gasteiger partial charge >= 0.3 is 0 Å². The maximum atomic E-state index is 11.9. The van der Waals surface area contributed by atoms with Crippen LogP contribution in [0.1, 0.15) is 26.2 Å². The smallest absolute Gasteiger partial charge is 0.249 e. The van der Waals surface area contributed by atoms with Gasteiger partial charge in [-0.15, -0.1) is 0 Å². The molecule has 4 nitrogen and oxygen atoms in total. The van der Waals surface area contributed by atoms with Crippen LogP contribution in [-0.4, -0.2) is 49.2 Å². The molecule has 1 saturated carbocycles. The van der Waals surface area contributed by atoms with Crippen LogP contribution in [0, 0.1) is 0 Å². The van der Waals surface area contributed by atoms with E-state index in [4.69, 9.17) is 4.74 Å². The molecule has 0 aromatic rings. The number of carbonyl (C=O) groups is 1. The quantitative estimate of drug-likeness (QED) is 0.716. The lowest BCUT2D eigenvalue weighted by atomic mass is 10.2. The van der Waals surface area contributed by atoms with Crippen molar-refractivity contribution in [3.05, 3.63) is 0 Å². The topological polar surface area (TPSA) is 41.6 Å². The number of hydrogen-bond donors (Lipinski definition) is 1. The molecule has 2 rings (SSSR count). The van der Waals surface area contributed by atoms with Crippen LogP contribution in [0.15, 0.2) is 0 Å². The maximum absolute atomic E-state index is 11.9. The summed E-state index contributed by atoms with van der Waals surface area (Å²) in [7, 11) is 0. The molecular weight excluding hydrogens is 192 g/mol. The van der Waals surface area contributed by atoms with Gasteiger partial charge in [-0.25, -0.2) is 0 Å². The van der Waals surface area contributed by atoms with Crippen LogP contribution in [0.2, 0.25) is 0 Å². The molecule has 86 valence electrons. The van der Waals surface area contributed by atoms with E-state index in [1.54, 1.807) is 0 Å². The maximum Gasteiger partial charge on any atom is 0.249 e. The van der Waals surface area contributed by atoms with Gasteiger partial charge in [0, 0.05) is 25.2 Å². The van der Waals surface area contributed by atoms with E-state index in [0.29, 0.717) is 18.7 Å².